The minimum absolute atomic E-state index is 0.177. The highest BCUT2D eigenvalue weighted by Crippen LogP contribution is 2.39. The molecule has 0 unspecified atom stereocenters. The van der Waals surface area contributed by atoms with Gasteiger partial charge in [0.15, 0.2) is 5.13 Å². The lowest BCUT2D eigenvalue weighted by atomic mass is 10.0. The van der Waals surface area contributed by atoms with Crippen molar-refractivity contribution in [1.29, 1.82) is 0 Å². The number of amides is 2. The van der Waals surface area contributed by atoms with Crippen molar-refractivity contribution < 1.29 is 14.3 Å². The zero-order valence-electron chi connectivity index (χ0n) is 23.1. The van der Waals surface area contributed by atoms with Crippen molar-refractivity contribution in [2.45, 2.75) is 33.0 Å². The number of hydrogen-bond donors (Lipinski definition) is 2. The van der Waals surface area contributed by atoms with Gasteiger partial charge in [-0.1, -0.05) is 35.6 Å². The van der Waals surface area contributed by atoms with E-state index in [4.69, 9.17) is 14.5 Å². The van der Waals surface area contributed by atoms with Crippen molar-refractivity contribution in [1.82, 2.24) is 4.98 Å². The van der Waals surface area contributed by atoms with Crippen molar-refractivity contribution in [2.75, 3.05) is 59.8 Å². The molecule has 3 aromatic carbocycles. The van der Waals surface area contributed by atoms with Crippen LogP contribution in [0.15, 0.2) is 60.7 Å². The Morgan fingerprint density at radius 3 is 2.35 bits per heavy atom. The Kier molecular flexibility index (Phi) is 7.60. The molecule has 4 aromatic rings. The van der Waals surface area contributed by atoms with Gasteiger partial charge in [0.25, 0.3) is 0 Å². The number of rotatable bonds is 5. The number of aryl methyl sites for hydroxylation is 1. The van der Waals surface area contributed by atoms with Gasteiger partial charge in [0.2, 0.25) is 0 Å². The van der Waals surface area contributed by atoms with Gasteiger partial charge in [-0.05, 0) is 73.9 Å². The number of hydrogen-bond acceptors (Lipinski definition) is 7. The van der Waals surface area contributed by atoms with Gasteiger partial charge in [-0.15, -0.1) is 0 Å². The number of nitrogens with zero attached hydrogens (tertiary/aromatic N) is 3. The predicted molar refractivity (Wildman–Crippen MR) is 164 cm³/mol. The fraction of sp³-hybridized carbons (Fsp3) is 0.355. The van der Waals surface area contributed by atoms with Crippen LogP contribution in [0.3, 0.4) is 0 Å². The molecule has 2 aliphatic heterocycles. The van der Waals surface area contributed by atoms with Crippen molar-refractivity contribution in [3.8, 4) is 11.1 Å². The summed E-state index contributed by atoms with van der Waals surface area (Å²) in [6.45, 7) is 11.0. The molecule has 0 aliphatic carbocycles. The Morgan fingerprint density at radius 1 is 0.900 bits per heavy atom. The minimum atomic E-state index is -0.265. The normalized spacial score (nSPS) is 19.6. The topological polar surface area (TPSA) is 79.0 Å². The van der Waals surface area contributed by atoms with Crippen LogP contribution in [0.2, 0.25) is 0 Å². The third kappa shape index (κ3) is 5.91. The molecule has 0 radical (unpaired) electrons. The first-order valence-corrected chi connectivity index (χ1v) is 14.7. The molecule has 40 heavy (non-hydrogen) atoms. The number of fused-ring (bicyclic) bond motifs is 1. The third-order valence-electron chi connectivity index (χ3n) is 7.26. The monoisotopic (exact) mass is 557 g/mol. The Balaban J connectivity index is 1.27. The average Bonchev–Trinajstić information content (AvgIpc) is 3.37. The molecule has 3 heterocycles. The summed E-state index contributed by atoms with van der Waals surface area (Å²) in [4.78, 5) is 22.4. The van der Waals surface area contributed by atoms with Gasteiger partial charge >= 0.3 is 6.03 Å². The average molecular weight is 558 g/mol. The molecule has 0 saturated carbocycles. The summed E-state index contributed by atoms with van der Waals surface area (Å²) in [5.41, 5.74) is 7.00. The number of benzene rings is 3. The molecular formula is C31H35N5O3S. The number of nitrogens with one attached hydrogen (secondary N) is 2. The van der Waals surface area contributed by atoms with Gasteiger partial charge in [0.05, 0.1) is 35.8 Å². The van der Waals surface area contributed by atoms with Gasteiger partial charge in [-0.3, -0.25) is 0 Å². The van der Waals surface area contributed by atoms with E-state index in [1.54, 1.807) is 11.3 Å². The largest absolute Gasteiger partial charge is 0.378 e. The lowest BCUT2D eigenvalue weighted by Crippen LogP contribution is -2.45. The highest BCUT2D eigenvalue weighted by Gasteiger charge is 2.26. The van der Waals surface area contributed by atoms with Gasteiger partial charge < -0.3 is 29.9 Å². The van der Waals surface area contributed by atoms with E-state index in [2.05, 4.69) is 58.5 Å². The van der Waals surface area contributed by atoms with E-state index in [1.807, 2.05) is 43.3 Å². The maximum atomic E-state index is 12.5. The Morgan fingerprint density at radius 2 is 1.62 bits per heavy atom. The van der Waals surface area contributed by atoms with Gasteiger partial charge in [0.1, 0.15) is 5.52 Å². The predicted octanol–water partition coefficient (Wildman–Crippen LogP) is 6.37. The Labute approximate surface area is 238 Å². The van der Waals surface area contributed by atoms with Crippen LogP contribution in [0.1, 0.15) is 19.4 Å². The van der Waals surface area contributed by atoms with Crippen LogP contribution in [0.25, 0.3) is 21.3 Å². The molecule has 9 heteroatoms. The summed E-state index contributed by atoms with van der Waals surface area (Å²) in [5.74, 6) is 0. The fourth-order valence-corrected chi connectivity index (χ4v) is 6.49. The summed E-state index contributed by atoms with van der Waals surface area (Å²) < 4.78 is 12.8. The van der Waals surface area contributed by atoms with Crippen molar-refractivity contribution >= 4 is 49.8 Å². The standard InChI is InChI=1S/C31H35N5O3S/c1-20-5-4-6-26(15-20)33-30(37)32-25-9-7-23(8-10-25)24-16-27(35-11-13-38-14-12-35)29-28(17-24)40-31(34-29)36-18-21(2)39-22(3)19-36/h4-10,15-17,21-22H,11-14,18-19H2,1-3H3,(H2,32,33,37)/t21-,22+. The number of morpholine rings is 2. The second-order valence-electron chi connectivity index (χ2n) is 10.6. The molecule has 8 nitrogen and oxygen atoms in total. The first-order valence-electron chi connectivity index (χ1n) is 13.8. The van der Waals surface area contributed by atoms with Crippen LogP contribution in [-0.2, 0) is 9.47 Å². The number of carbonyl (C=O) groups is 1. The molecule has 2 saturated heterocycles. The molecule has 6 rings (SSSR count). The van der Waals surface area contributed by atoms with Gasteiger partial charge in [0, 0.05) is 37.6 Å². The van der Waals surface area contributed by atoms with Crippen molar-refractivity contribution in [2.24, 2.45) is 0 Å². The summed E-state index contributed by atoms with van der Waals surface area (Å²) in [6.07, 6.45) is 0.354. The number of ether oxygens (including phenoxy) is 2. The minimum Gasteiger partial charge on any atom is -0.378 e. The van der Waals surface area contributed by atoms with E-state index in [0.29, 0.717) is 13.2 Å². The second-order valence-corrected chi connectivity index (χ2v) is 11.6. The van der Waals surface area contributed by atoms with E-state index in [1.165, 1.54) is 4.70 Å². The Bertz CT molecular complexity index is 1490. The van der Waals surface area contributed by atoms with E-state index >= 15 is 0 Å². The van der Waals surface area contributed by atoms with Crippen LogP contribution in [-0.4, -0.2) is 62.6 Å². The number of urea groups is 1. The van der Waals surface area contributed by atoms with E-state index in [-0.39, 0.29) is 18.2 Å². The first-order chi connectivity index (χ1) is 19.4. The van der Waals surface area contributed by atoms with Crippen LogP contribution in [0, 0.1) is 6.92 Å². The molecule has 0 spiro atoms. The first kappa shape index (κ1) is 26.6. The summed E-state index contributed by atoms with van der Waals surface area (Å²) in [7, 11) is 0. The quantitative estimate of drug-likeness (QED) is 0.297. The lowest BCUT2D eigenvalue weighted by Gasteiger charge is -2.35. The van der Waals surface area contributed by atoms with E-state index in [0.717, 1.165) is 70.6 Å². The maximum Gasteiger partial charge on any atom is 0.323 e. The molecule has 2 N–H and O–H groups in total. The number of carbonyl (C=O) groups excluding carboxylic acids is 1. The molecule has 2 fully saturated rings. The van der Waals surface area contributed by atoms with E-state index in [9.17, 15) is 4.79 Å². The van der Waals surface area contributed by atoms with Crippen molar-refractivity contribution in [3.63, 3.8) is 0 Å². The number of anilines is 4. The number of thiazole rings is 1. The lowest BCUT2D eigenvalue weighted by molar-refractivity contribution is -0.00521. The molecule has 2 aliphatic rings. The molecule has 2 amide bonds. The maximum absolute atomic E-state index is 12.5. The molecule has 0 bridgehead atoms. The molecule has 208 valence electrons. The summed E-state index contributed by atoms with van der Waals surface area (Å²) in [6, 6.07) is 20.0. The molecule has 2 atom stereocenters. The number of aromatic nitrogens is 1. The smallest absolute Gasteiger partial charge is 0.323 e. The Hall–Kier alpha value is -3.66. The fourth-order valence-electron chi connectivity index (χ4n) is 5.44. The zero-order chi connectivity index (χ0) is 27.6. The van der Waals surface area contributed by atoms with Crippen LogP contribution in [0.5, 0.6) is 0 Å². The van der Waals surface area contributed by atoms with Crippen LogP contribution >= 0.6 is 11.3 Å². The molecule has 1 aromatic heterocycles. The SMILES string of the molecule is Cc1cccc(NC(=O)Nc2ccc(-c3cc(N4CCOCC4)c4nc(N5C[C@@H](C)O[C@@H](C)C5)sc4c3)cc2)c1. The van der Waals surface area contributed by atoms with Gasteiger partial charge in [-0.2, -0.15) is 0 Å². The second kappa shape index (κ2) is 11.4. The van der Waals surface area contributed by atoms with Crippen LogP contribution < -0.4 is 20.4 Å². The van der Waals surface area contributed by atoms with E-state index < -0.39 is 0 Å². The molecular weight excluding hydrogens is 522 g/mol. The van der Waals surface area contributed by atoms with Crippen LogP contribution in [0.4, 0.5) is 27.0 Å². The van der Waals surface area contributed by atoms with Gasteiger partial charge in [-0.25, -0.2) is 9.78 Å². The van der Waals surface area contributed by atoms with Crippen molar-refractivity contribution in [3.05, 3.63) is 66.2 Å². The summed E-state index contributed by atoms with van der Waals surface area (Å²) in [5, 5.41) is 6.87. The highest BCUT2D eigenvalue weighted by atomic mass is 32.1. The highest BCUT2D eigenvalue weighted by molar-refractivity contribution is 7.22. The summed E-state index contributed by atoms with van der Waals surface area (Å²) >= 11 is 1.74. The zero-order valence-corrected chi connectivity index (χ0v) is 24.0. The third-order valence-corrected chi connectivity index (χ3v) is 8.32.